The van der Waals surface area contributed by atoms with Crippen molar-refractivity contribution in [3.8, 4) is 0 Å². The average molecular weight is 1120 g/mol. The summed E-state index contributed by atoms with van der Waals surface area (Å²) >= 11 is 0.885. The Balaban J connectivity index is 0.00000312. The van der Waals surface area contributed by atoms with Crippen LogP contribution in [0, 0.1) is 105 Å². The van der Waals surface area contributed by atoms with E-state index >= 15 is 0 Å². The molecule has 0 aromatic heterocycles. The van der Waals surface area contributed by atoms with Gasteiger partial charge >= 0.3 is 5.97 Å². The molecule has 9 nitrogen and oxygen atoms in total. The second-order valence-corrected chi connectivity index (χ2v) is 19.3. The van der Waals surface area contributed by atoms with Gasteiger partial charge in [-0.3, -0.25) is 4.79 Å². The normalized spacial score (nSPS) is 37.8. The van der Waals surface area contributed by atoms with Crippen molar-refractivity contribution in [2.45, 2.75) is 121 Å². The fourth-order valence-electron chi connectivity index (χ4n) is 8.87. The van der Waals surface area contributed by atoms with E-state index < -0.39 is 78.5 Å². The fraction of sp³-hybridized carbons (Fsp3) is 0.706. The molecular formula is C34H50Ac2O9SSi. The molecule has 1 aliphatic heterocycles. The standard InChI is InChI=1S/C34H50O9SSi.2Ac/c1-9-45(10-2,11-3)43-23-17-24-33(38,19-40-24)27-29(41-30(37)21-15-13-12-14-16-21)34(39)18-22(42-44-8)20(4)25(31(34,5)6)26(35)28(36)32(23,27)7;;/h12-16,22-24,27-29,36,38-39H,9-11,17-19H2,1-8H3;;/t22-,23-,24+,27?,28+,29-,32+,33-,34+;;/m0../s1/i8T;;. The molecule has 2 bridgehead atoms. The summed E-state index contributed by atoms with van der Waals surface area (Å²) in [5, 5.41) is 38.1. The molecule has 47 heavy (non-hydrogen) atoms. The molecule has 1 unspecified atom stereocenters. The van der Waals surface area contributed by atoms with Crippen molar-refractivity contribution >= 4 is 32.1 Å². The number of ether oxygens (including phenoxy) is 2. The van der Waals surface area contributed by atoms with E-state index in [4.69, 9.17) is 19.5 Å². The molecule has 9 atom stereocenters. The molecular weight excluding hydrogens is 1070 g/mol. The first-order valence-corrected chi connectivity index (χ1v) is 19.6. The number of hydrogen-bond acceptors (Lipinski definition) is 10. The largest absolute Gasteiger partial charge is 0.455 e. The summed E-state index contributed by atoms with van der Waals surface area (Å²) in [6.07, 6.45) is -5.29. The summed E-state index contributed by atoms with van der Waals surface area (Å²) in [5.74, 6) is -2.43. The third-order valence-corrected chi connectivity index (χ3v) is 17.1. The van der Waals surface area contributed by atoms with Crippen molar-refractivity contribution in [1.82, 2.24) is 0 Å². The van der Waals surface area contributed by atoms with Crippen molar-refractivity contribution in [3.05, 3.63) is 47.0 Å². The van der Waals surface area contributed by atoms with Crippen LogP contribution in [0.5, 0.6) is 0 Å². The number of benzene rings is 1. The second-order valence-electron chi connectivity index (χ2n) is 14.2. The summed E-state index contributed by atoms with van der Waals surface area (Å²) in [4.78, 5) is 28.7. The van der Waals surface area contributed by atoms with E-state index in [0.29, 0.717) is 5.57 Å². The Labute approximate surface area is 357 Å². The number of Topliss-reactive ketones (excluding diaryl/α,β-unsaturated/α-hetero) is 1. The molecule has 2 radical (unpaired) electrons. The summed E-state index contributed by atoms with van der Waals surface area (Å²) in [6, 6.07) is 10.9. The molecule has 3 aliphatic carbocycles. The van der Waals surface area contributed by atoms with Gasteiger partial charge in [-0.05, 0) is 54.8 Å². The fourth-order valence-corrected chi connectivity index (χ4v) is 12.2. The summed E-state index contributed by atoms with van der Waals surface area (Å²) in [5.41, 5.74) is -5.41. The van der Waals surface area contributed by atoms with Crippen LogP contribution in [-0.4, -0.2) is 90.0 Å². The van der Waals surface area contributed by atoms with E-state index in [9.17, 15) is 24.9 Å². The molecule has 4 aliphatic rings. The maximum Gasteiger partial charge on any atom is 0.338 e. The number of ketones is 1. The van der Waals surface area contributed by atoms with Gasteiger partial charge in [0.1, 0.15) is 23.4 Å². The van der Waals surface area contributed by atoms with E-state index in [2.05, 4.69) is 20.8 Å². The Morgan fingerprint density at radius 1 is 1.11 bits per heavy atom. The van der Waals surface area contributed by atoms with Crippen LogP contribution in [0.15, 0.2) is 41.5 Å². The topological polar surface area (TPSA) is 132 Å². The van der Waals surface area contributed by atoms with Crippen LogP contribution in [0.2, 0.25) is 18.1 Å². The third kappa shape index (κ3) is 6.71. The van der Waals surface area contributed by atoms with E-state index in [1.54, 1.807) is 58.0 Å². The van der Waals surface area contributed by atoms with Crippen LogP contribution in [0.3, 0.4) is 0 Å². The predicted octanol–water partition coefficient (Wildman–Crippen LogP) is 4.84. The number of hydrogen-bond donors (Lipinski definition) is 3. The Hall–Kier alpha value is 1.31. The van der Waals surface area contributed by atoms with Gasteiger partial charge in [-0.2, -0.15) is 0 Å². The maximum absolute atomic E-state index is 14.8. The molecule has 1 aromatic rings. The second kappa shape index (κ2) is 15.7. The minimum atomic E-state index is -2.36. The number of esters is 1. The monoisotopic (exact) mass is 1120 g/mol. The van der Waals surface area contributed by atoms with Gasteiger partial charge in [-0.25, -0.2) is 4.79 Å². The van der Waals surface area contributed by atoms with E-state index in [-0.39, 0.29) is 125 Å². The molecule has 0 amide bonds. The van der Waals surface area contributed by atoms with Crippen LogP contribution in [-0.2, 0) is 22.9 Å². The number of fused-ring (bicyclic) bond motifs is 5. The average Bonchev–Trinajstić information content (AvgIpc) is 3.04. The van der Waals surface area contributed by atoms with Crippen molar-refractivity contribution in [1.29, 1.82) is 0 Å². The summed E-state index contributed by atoms with van der Waals surface area (Å²) < 4.78 is 33.1. The van der Waals surface area contributed by atoms with Gasteiger partial charge < -0.3 is 33.4 Å². The van der Waals surface area contributed by atoms with Gasteiger partial charge in [0, 0.05) is 131 Å². The van der Waals surface area contributed by atoms with Crippen LogP contribution in [0.1, 0.15) is 73.0 Å². The summed E-state index contributed by atoms with van der Waals surface area (Å²) in [6.45, 7) is 13.1. The van der Waals surface area contributed by atoms with Crippen LogP contribution < -0.4 is 0 Å². The van der Waals surface area contributed by atoms with Gasteiger partial charge in [0.05, 0.1) is 30.5 Å². The SMILES string of the molecule is [3H]CSO[C@H]1C[C@@]2(O)[C@@H](OC(=O)c3ccccc3)C3[C@@](C)([C@@H](O[Si](CC)(CC)CC)C[C@H]4OC[C@@]34O)[C@H](O)C(=O)C(=C1C)C2(C)C.[Ac].[Ac]. The van der Waals surface area contributed by atoms with Gasteiger partial charge in [-0.1, -0.05) is 59.7 Å². The van der Waals surface area contributed by atoms with Gasteiger partial charge in [0.15, 0.2) is 14.1 Å². The Morgan fingerprint density at radius 2 is 1.72 bits per heavy atom. The quantitative estimate of drug-likeness (QED) is 0.180. The zero-order valence-electron chi connectivity index (χ0n) is 29.7. The van der Waals surface area contributed by atoms with Gasteiger partial charge in [-0.15, -0.1) is 0 Å². The van der Waals surface area contributed by atoms with Crippen molar-refractivity contribution in [3.63, 3.8) is 0 Å². The van der Waals surface area contributed by atoms with Crippen LogP contribution >= 0.6 is 12.0 Å². The first-order chi connectivity index (χ1) is 21.6. The molecule has 0 spiro atoms. The number of carbonyl (C=O) groups is 2. The Bertz CT molecular complexity index is 1360. The first-order valence-electron chi connectivity index (χ1n) is 16.8. The predicted molar refractivity (Wildman–Crippen MR) is 174 cm³/mol. The van der Waals surface area contributed by atoms with Crippen molar-refractivity contribution in [2.75, 3.05) is 12.8 Å². The summed E-state index contributed by atoms with van der Waals surface area (Å²) in [7, 11) is -2.36. The van der Waals surface area contributed by atoms with E-state index in [1.165, 1.54) is 0 Å². The minimum Gasteiger partial charge on any atom is -0.455 e. The van der Waals surface area contributed by atoms with Gasteiger partial charge in [0.25, 0.3) is 0 Å². The Morgan fingerprint density at radius 3 is 2.26 bits per heavy atom. The van der Waals surface area contributed by atoms with Crippen LogP contribution in [0.4, 0.5) is 0 Å². The molecule has 1 aromatic carbocycles. The number of carbonyl (C=O) groups excluding carboxylic acids is 2. The molecule has 1 heterocycles. The van der Waals surface area contributed by atoms with E-state index in [1.807, 2.05) is 0 Å². The van der Waals surface area contributed by atoms with Gasteiger partial charge in [0.2, 0.25) is 0 Å². The van der Waals surface area contributed by atoms with Crippen molar-refractivity contribution < 1.29 is 132 Å². The van der Waals surface area contributed by atoms with E-state index in [0.717, 1.165) is 30.2 Å². The molecule has 13 heteroatoms. The molecule has 3 fully saturated rings. The number of rotatable bonds is 9. The molecule has 3 N–H and O–H groups in total. The zero-order chi connectivity index (χ0) is 33.9. The third-order valence-electron chi connectivity index (χ3n) is 12.1. The minimum absolute atomic E-state index is 0. The maximum atomic E-state index is 14.8. The molecule has 2 saturated carbocycles. The molecule has 256 valence electrons. The number of aliphatic hydroxyl groups is 3. The van der Waals surface area contributed by atoms with Crippen molar-refractivity contribution in [2.24, 2.45) is 16.7 Å². The molecule has 1 saturated heterocycles. The number of aliphatic hydroxyl groups excluding tert-OH is 1. The smallest absolute Gasteiger partial charge is 0.338 e. The Kier molecular flexibility index (Phi) is 13.7. The zero-order valence-corrected chi connectivity index (χ0v) is 40.0. The van der Waals surface area contributed by atoms with Crippen LogP contribution in [0.25, 0.3) is 0 Å². The molecule has 5 rings (SSSR count). The first kappa shape index (κ1) is 41.1.